The SMILES string of the molecule is C=Cc1ccc2c(c1)CC[C@@H]1[C@@H]2CC[C@]2(C)C(O[Si](C)(C)C(C)(C)C)CC[C@@H]12. The highest BCUT2D eigenvalue weighted by molar-refractivity contribution is 6.74. The molecule has 2 fully saturated rings. The molecule has 154 valence electrons. The van der Waals surface area contributed by atoms with Gasteiger partial charge in [0.05, 0.1) is 6.10 Å². The number of benzene rings is 1. The second-order valence-corrected chi connectivity index (χ2v) is 16.3. The Morgan fingerprint density at radius 1 is 1.14 bits per heavy atom. The van der Waals surface area contributed by atoms with Gasteiger partial charge in [0.2, 0.25) is 0 Å². The van der Waals surface area contributed by atoms with Gasteiger partial charge in [0.15, 0.2) is 8.32 Å². The van der Waals surface area contributed by atoms with E-state index in [0.29, 0.717) is 16.6 Å². The zero-order valence-corrected chi connectivity index (χ0v) is 20.0. The highest BCUT2D eigenvalue weighted by atomic mass is 28.4. The number of rotatable bonds is 3. The first-order chi connectivity index (χ1) is 13.1. The van der Waals surface area contributed by atoms with E-state index in [1.54, 1.807) is 11.1 Å². The lowest BCUT2D eigenvalue weighted by Crippen LogP contribution is -2.50. The van der Waals surface area contributed by atoms with E-state index in [1.807, 2.05) is 6.08 Å². The lowest BCUT2D eigenvalue weighted by Gasteiger charge is -2.52. The smallest absolute Gasteiger partial charge is 0.192 e. The van der Waals surface area contributed by atoms with Gasteiger partial charge in [0.25, 0.3) is 0 Å². The summed E-state index contributed by atoms with van der Waals surface area (Å²) in [4.78, 5) is 0. The average Bonchev–Trinajstić information content (AvgIpc) is 2.96. The van der Waals surface area contributed by atoms with Gasteiger partial charge in [-0.25, -0.2) is 0 Å². The van der Waals surface area contributed by atoms with Crippen LogP contribution >= 0.6 is 0 Å². The molecule has 1 aromatic carbocycles. The molecule has 0 bridgehead atoms. The molecule has 4 rings (SSSR count). The maximum absolute atomic E-state index is 7.04. The quantitative estimate of drug-likeness (QED) is 0.478. The van der Waals surface area contributed by atoms with Crippen molar-refractivity contribution >= 4 is 14.4 Å². The Morgan fingerprint density at radius 3 is 2.57 bits per heavy atom. The molecular formula is C26H40OSi. The average molecular weight is 397 g/mol. The molecule has 3 aliphatic carbocycles. The summed E-state index contributed by atoms with van der Waals surface area (Å²) >= 11 is 0. The van der Waals surface area contributed by atoms with Crippen molar-refractivity contribution in [3.8, 4) is 0 Å². The van der Waals surface area contributed by atoms with Gasteiger partial charge in [-0.2, -0.15) is 0 Å². The van der Waals surface area contributed by atoms with E-state index < -0.39 is 8.32 Å². The molecule has 0 spiro atoms. The van der Waals surface area contributed by atoms with Crippen LogP contribution in [0.15, 0.2) is 24.8 Å². The fourth-order valence-electron chi connectivity index (χ4n) is 6.41. The minimum Gasteiger partial charge on any atom is -0.413 e. The summed E-state index contributed by atoms with van der Waals surface area (Å²) in [7, 11) is -1.71. The molecule has 2 saturated carbocycles. The maximum atomic E-state index is 7.04. The molecule has 0 aliphatic heterocycles. The number of aryl methyl sites for hydroxylation is 1. The topological polar surface area (TPSA) is 9.23 Å². The van der Waals surface area contributed by atoms with Gasteiger partial charge in [-0.1, -0.05) is 58.5 Å². The highest BCUT2D eigenvalue weighted by Crippen LogP contribution is 2.62. The Balaban J connectivity index is 1.58. The molecule has 5 atom stereocenters. The zero-order chi connectivity index (χ0) is 20.3. The van der Waals surface area contributed by atoms with Gasteiger partial charge in [0, 0.05) is 0 Å². The summed E-state index contributed by atoms with van der Waals surface area (Å²) in [6, 6.07) is 7.09. The van der Waals surface area contributed by atoms with Gasteiger partial charge in [-0.3, -0.25) is 0 Å². The molecule has 3 aliphatic rings. The second-order valence-electron chi connectivity index (χ2n) is 11.6. The lowest BCUT2D eigenvalue weighted by atomic mass is 9.55. The first kappa shape index (κ1) is 20.4. The van der Waals surface area contributed by atoms with Crippen LogP contribution in [-0.4, -0.2) is 14.4 Å². The molecule has 0 saturated heterocycles. The molecule has 0 N–H and O–H groups in total. The van der Waals surface area contributed by atoms with Crippen molar-refractivity contribution in [3.05, 3.63) is 41.5 Å². The third-order valence-corrected chi connectivity index (χ3v) is 13.6. The Hall–Kier alpha value is -0.863. The van der Waals surface area contributed by atoms with Gasteiger partial charge in [-0.05, 0) is 96.5 Å². The fourth-order valence-corrected chi connectivity index (χ4v) is 7.86. The molecule has 0 amide bonds. The van der Waals surface area contributed by atoms with Crippen molar-refractivity contribution in [1.29, 1.82) is 0 Å². The minimum atomic E-state index is -1.71. The molecule has 1 unspecified atom stereocenters. The van der Waals surface area contributed by atoms with Crippen LogP contribution in [0.3, 0.4) is 0 Å². The summed E-state index contributed by atoms with van der Waals surface area (Å²) in [5.74, 6) is 2.47. The fraction of sp³-hybridized carbons (Fsp3) is 0.692. The van der Waals surface area contributed by atoms with E-state index in [0.717, 1.165) is 17.8 Å². The Kier molecular flexibility index (Phi) is 4.99. The van der Waals surface area contributed by atoms with Crippen LogP contribution in [0.4, 0.5) is 0 Å². The second kappa shape index (κ2) is 6.84. The van der Waals surface area contributed by atoms with Gasteiger partial charge < -0.3 is 4.43 Å². The van der Waals surface area contributed by atoms with Crippen LogP contribution in [0.5, 0.6) is 0 Å². The van der Waals surface area contributed by atoms with Crippen LogP contribution in [0.1, 0.15) is 82.4 Å². The first-order valence-corrected chi connectivity index (χ1v) is 14.4. The third-order valence-electron chi connectivity index (χ3n) is 9.14. The van der Waals surface area contributed by atoms with E-state index in [2.05, 4.69) is 65.6 Å². The molecular weight excluding hydrogens is 356 g/mol. The van der Waals surface area contributed by atoms with Gasteiger partial charge >= 0.3 is 0 Å². The first-order valence-electron chi connectivity index (χ1n) is 11.5. The van der Waals surface area contributed by atoms with Crippen molar-refractivity contribution < 1.29 is 4.43 Å². The summed E-state index contributed by atoms with van der Waals surface area (Å²) in [6.07, 6.45) is 10.4. The largest absolute Gasteiger partial charge is 0.413 e. The van der Waals surface area contributed by atoms with E-state index in [9.17, 15) is 0 Å². The summed E-state index contributed by atoms with van der Waals surface area (Å²) in [6.45, 7) is 18.5. The molecule has 0 aromatic heterocycles. The van der Waals surface area contributed by atoms with Crippen molar-refractivity contribution in [1.82, 2.24) is 0 Å². The zero-order valence-electron chi connectivity index (χ0n) is 19.0. The third kappa shape index (κ3) is 3.15. The van der Waals surface area contributed by atoms with Crippen LogP contribution in [0.2, 0.25) is 18.1 Å². The van der Waals surface area contributed by atoms with Crippen molar-refractivity contribution in [2.75, 3.05) is 0 Å². The predicted octanol–water partition coefficient (Wildman–Crippen LogP) is 7.58. The van der Waals surface area contributed by atoms with E-state index >= 15 is 0 Å². The number of fused-ring (bicyclic) bond motifs is 5. The molecule has 1 aromatic rings. The van der Waals surface area contributed by atoms with E-state index in [4.69, 9.17) is 4.43 Å². The van der Waals surface area contributed by atoms with Crippen molar-refractivity contribution in [2.24, 2.45) is 17.3 Å². The standard InChI is InChI=1S/C26H40OSi/c1-8-18-9-11-20-19(17-18)10-12-22-21(20)15-16-26(5)23(22)13-14-24(26)27-28(6,7)25(2,3)4/h8-9,11,17,21-24H,1,10,12-16H2,2-7H3/t21-,22-,23+,24?,26+/m1/s1. The Labute approximate surface area is 174 Å². The monoisotopic (exact) mass is 396 g/mol. The summed E-state index contributed by atoms with van der Waals surface area (Å²) in [5, 5.41) is 0.297. The van der Waals surface area contributed by atoms with Crippen LogP contribution < -0.4 is 0 Å². The molecule has 28 heavy (non-hydrogen) atoms. The lowest BCUT2D eigenvalue weighted by molar-refractivity contribution is -0.0164. The van der Waals surface area contributed by atoms with E-state index in [1.165, 1.54) is 44.1 Å². The molecule has 0 heterocycles. The van der Waals surface area contributed by atoms with Crippen LogP contribution in [-0.2, 0) is 10.8 Å². The molecule has 0 radical (unpaired) electrons. The molecule has 1 nitrogen and oxygen atoms in total. The predicted molar refractivity (Wildman–Crippen MR) is 123 cm³/mol. The Morgan fingerprint density at radius 2 is 1.89 bits per heavy atom. The maximum Gasteiger partial charge on any atom is 0.192 e. The van der Waals surface area contributed by atoms with Gasteiger partial charge in [-0.15, -0.1) is 0 Å². The minimum absolute atomic E-state index is 0.297. The summed E-state index contributed by atoms with van der Waals surface area (Å²) < 4.78 is 7.04. The van der Waals surface area contributed by atoms with Crippen LogP contribution in [0, 0.1) is 17.3 Å². The van der Waals surface area contributed by atoms with E-state index in [-0.39, 0.29) is 0 Å². The summed E-state index contributed by atoms with van der Waals surface area (Å²) in [5.41, 5.74) is 4.91. The van der Waals surface area contributed by atoms with Crippen molar-refractivity contribution in [2.45, 2.75) is 96.4 Å². The molecule has 2 heteroatoms. The Bertz CT molecular complexity index is 758. The van der Waals surface area contributed by atoms with Crippen molar-refractivity contribution in [3.63, 3.8) is 0 Å². The highest BCUT2D eigenvalue weighted by Gasteiger charge is 2.56. The number of hydrogen-bond acceptors (Lipinski definition) is 1. The van der Waals surface area contributed by atoms with Gasteiger partial charge in [0.1, 0.15) is 0 Å². The van der Waals surface area contributed by atoms with Crippen LogP contribution in [0.25, 0.3) is 6.08 Å². The number of hydrogen-bond donors (Lipinski definition) is 0. The normalized spacial score (nSPS) is 35.1.